The van der Waals surface area contributed by atoms with Gasteiger partial charge in [0.15, 0.2) is 0 Å². The van der Waals surface area contributed by atoms with Gasteiger partial charge in [0.1, 0.15) is 5.78 Å². The van der Waals surface area contributed by atoms with Crippen LogP contribution in [0.4, 0.5) is 0 Å². The summed E-state index contributed by atoms with van der Waals surface area (Å²) in [7, 11) is 0. The minimum absolute atomic E-state index is 0.0680. The highest BCUT2D eigenvalue weighted by atomic mass is 32.2. The standard InChI is InChI=1S/C21H41NO6S/c1-18(2)20(23)7-9-25-11-13-27-15-16-28-14-12-26-10-8-22-21(24)6-5-17-29-19(3)4/h18-19H,5-17H2,1-4H3,(H,22,24). The Kier molecular flexibility index (Phi) is 20.1. The predicted molar refractivity (Wildman–Crippen MR) is 118 cm³/mol. The van der Waals surface area contributed by atoms with Gasteiger partial charge in [-0.15, -0.1) is 0 Å². The van der Waals surface area contributed by atoms with Crippen LogP contribution >= 0.6 is 11.8 Å². The monoisotopic (exact) mass is 435 g/mol. The van der Waals surface area contributed by atoms with Gasteiger partial charge in [-0.25, -0.2) is 0 Å². The zero-order chi connectivity index (χ0) is 21.7. The molecule has 0 aromatic heterocycles. The van der Waals surface area contributed by atoms with Crippen LogP contribution in [-0.4, -0.2) is 82.1 Å². The summed E-state index contributed by atoms with van der Waals surface area (Å²) in [6.45, 7) is 12.5. The fourth-order valence-corrected chi connectivity index (χ4v) is 2.91. The molecule has 0 saturated heterocycles. The number of hydrogen-bond acceptors (Lipinski definition) is 7. The van der Waals surface area contributed by atoms with Crippen molar-refractivity contribution in [3.05, 3.63) is 0 Å². The van der Waals surface area contributed by atoms with Crippen molar-refractivity contribution < 1.29 is 28.5 Å². The number of Topliss-reactive ketones (excluding diaryl/α,β-unsaturated/α-hetero) is 1. The van der Waals surface area contributed by atoms with E-state index in [1.807, 2.05) is 25.6 Å². The Bertz CT molecular complexity index is 407. The summed E-state index contributed by atoms with van der Waals surface area (Å²) in [6, 6.07) is 0. The van der Waals surface area contributed by atoms with Gasteiger partial charge in [0.05, 0.1) is 52.9 Å². The minimum atomic E-state index is 0.0680. The van der Waals surface area contributed by atoms with Gasteiger partial charge >= 0.3 is 0 Å². The van der Waals surface area contributed by atoms with Crippen molar-refractivity contribution in [1.82, 2.24) is 5.32 Å². The van der Waals surface area contributed by atoms with Gasteiger partial charge in [-0.05, 0) is 17.4 Å². The van der Waals surface area contributed by atoms with E-state index >= 15 is 0 Å². The van der Waals surface area contributed by atoms with E-state index in [9.17, 15) is 9.59 Å². The van der Waals surface area contributed by atoms with E-state index in [2.05, 4.69) is 19.2 Å². The Balaban J connectivity index is 3.18. The maximum absolute atomic E-state index is 11.6. The molecule has 172 valence electrons. The second-order valence-corrected chi connectivity index (χ2v) is 8.88. The second kappa shape index (κ2) is 20.6. The van der Waals surface area contributed by atoms with Crippen LogP contribution in [0.15, 0.2) is 0 Å². The molecule has 0 aromatic rings. The minimum Gasteiger partial charge on any atom is -0.379 e. The maximum atomic E-state index is 11.6. The topological polar surface area (TPSA) is 83.1 Å². The van der Waals surface area contributed by atoms with Gasteiger partial charge in [0, 0.05) is 25.3 Å². The SMILES string of the molecule is CC(C)SCCCC(=O)NCCOCCOCCOCCOCCC(=O)C(C)C. The first kappa shape index (κ1) is 28.3. The Hall–Kier alpha value is -0.670. The first-order valence-corrected chi connectivity index (χ1v) is 11.7. The number of ketones is 1. The third kappa shape index (κ3) is 21.8. The Morgan fingerprint density at radius 3 is 1.79 bits per heavy atom. The van der Waals surface area contributed by atoms with Crippen LogP contribution in [0.25, 0.3) is 0 Å². The zero-order valence-corrected chi connectivity index (χ0v) is 19.5. The molecule has 0 heterocycles. The highest BCUT2D eigenvalue weighted by Crippen LogP contribution is 2.11. The van der Waals surface area contributed by atoms with E-state index in [-0.39, 0.29) is 17.6 Å². The summed E-state index contributed by atoms with van der Waals surface area (Å²) < 4.78 is 21.6. The molecule has 0 bridgehead atoms. The van der Waals surface area contributed by atoms with Gasteiger partial charge in [-0.1, -0.05) is 27.7 Å². The predicted octanol–water partition coefficient (Wildman–Crippen LogP) is 2.71. The summed E-state index contributed by atoms with van der Waals surface area (Å²) in [5.74, 6) is 1.40. The lowest BCUT2D eigenvalue weighted by molar-refractivity contribution is -0.123. The van der Waals surface area contributed by atoms with Crippen molar-refractivity contribution in [3.63, 3.8) is 0 Å². The molecule has 29 heavy (non-hydrogen) atoms. The lowest BCUT2D eigenvalue weighted by atomic mass is 10.1. The third-order valence-electron chi connectivity index (χ3n) is 3.82. The summed E-state index contributed by atoms with van der Waals surface area (Å²) in [4.78, 5) is 23.0. The molecule has 0 rings (SSSR count). The average molecular weight is 436 g/mol. The van der Waals surface area contributed by atoms with Crippen molar-refractivity contribution >= 4 is 23.5 Å². The molecule has 8 heteroatoms. The quantitative estimate of drug-likeness (QED) is 0.278. The van der Waals surface area contributed by atoms with E-state index in [0.29, 0.717) is 77.5 Å². The molecule has 0 aliphatic carbocycles. The Morgan fingerprint density at radius 1 is 0.759 bits per heavy atom. The summed E-state index contributed by atoms with van der Waals surface area (Å²) >= 11 is 1.88. The van der Waals surface area contributed by atoms with Crippen molar-refractivity contribution in [2.24, 2.45) is 5.92 Å². The van der Waals surface area contributed by atoms with E-state index < -0.39 is 0 Å². The smallest absolute Gasteiger partial charge is 0.220 e. The lowest BCUT2D eigenvalue weighted by Gasteiger charge is -2.08. The largest absolute Gasteiger partial charge is 0.379 e. The van der Waals surface area contributed by atoms with E-state index in [1.165, 1.54) is 0 Å². The molecule has 0 spiro atoms. The molecule has 0 aromatic carbocycles. The zero-order valence-electron chi connectivity index (χ0n) is 18.7. The number of carbonyl (C=O) groups excluding carboxylic acids is 2. The molecule has 0 unspecified atom stereocenters. The molecule has 0 radical (unpaired) electrons. The fraction of sp³-hybridized carbons (Fsp3) is 0.905. The van der Waals surface area contributed by atoms with E-state index in [4.69, 9.17) is 18.9 Å². The highest BCUT2D eigenvalue weighted by Gasteiger charge is 2.06. The van der Waals surface area contributed by atoms with Gasteiger partial charge in [0.25, 0.3) is 0 Å². The summed E-state index contributed by atoms with van der Waals surface area (Å²) in [5.41, 5.74) is 0. The van der Waals surface area contributed by atoms with Crippen molar-refractivity contribution in [2.75, 3.05) is 65.2 Å². The molecule has 1 N–H and O–H groups in total. The average Bonchev–Trinajstić information content (AvgIpc) is 2.67. The fourth-order valence-electron chi connectivity index (χ4n) is 2.13. The van der Waals surface area contributed by atoms with Crippen molar-refractivity contribution in [2.45, 2.75) is 52.2 Å². The van der Waals surface area contributed by atoms with Crippen LogP contribution in [0.5, 0.6) is 0 Å². The number of carbonyl (C=O) groups is 2. The summed E-state index contributed by atoms with van der Waals surface area (Å²) in [5, 5.41) is 3.47. The Labute approximate surface area is 180 Å². The summed E-state index contributed by atoms with van der Waals surface area (Å²) in [6.07, 6.45) is 1.95. The first-order valence-electron chi connectivity index (χ1n) is 10.7. The molecule has 0 fully saturated rings. The Morgan fingerprint density at radius 2 is 1.28 bits per heavy atom. The number of thioether (sulfide) groups is 1. The second-order valence-electron chi connectivity index (χ2n) is 7.19. The van der Waals surface area contributed by atoms with Crippen LogP contribution in [0.3, 0.4) is 0 Å². The van der Waals surface area contributed by atoms with Crippen LogP contribution in [0.1, 0.15) is 47.0 Å². The van der Waals surface area contributed by atoms with Gasteiger partial charge in [-0.3, -0.25) is 9.59 Å². The number of hydrogen-bond donors (Lipinski definition) is 1. The first-order chi connectivity index (χ1) is 13.9. The van der Waals surface area contributed by atoms with Crippen LogP contribution in [-0.2, 0) is 28.5 Å². The number of ether oxygens (including phenoxy) is 4. The number of nitrogens with one attached hydrogen (secondary N) is 1. The molecular weight excluding hydrogens is 394 g/mol. The van der Waals surface area contributed by atoms with E-state index in [0.717, 1.165) is 12.2 Å². The number of amides is 1. The van der Waals surface area contributed by atoms with Crippen molar-refractivity contribution in [3.8, 4) is 0 Å². The molecular formula is C21H41NO6S. The molecule has 0 aliphatic rings. The van der Waals surface area contributed by atoms with Crippen molar-refractivity contribution in [1.29, 1.82) is 0 Å². The lowest BCUT2D eigenvalue weighted by Crippen LogP contribution is -2.27. The molecule has 0 atom stereocenters. The van der Waals surface area contributed by atoms with Crippen LogP contribution < -0.4 is 5.32 Å². The normalized spacial score (nSPS) is 11.4. The van der Waals surface area contributed by atoms with E-state index in [1.54, 1.807) is 0 Å². The molecule has 0 saturated carbocycles. The van der Waals surface area contributed by atoms with Crippen LogP contribution in [0.2, 0.25) is 0 Å². The molecule has 0 aliphatic heterocycles. The maximum Gasteiger partial charge on any atom is 0.220 e. The highest BCUT2D eigenvalue weighted by molar-refractivity contribution is 7.99. The third-order valence-corrected chi connectivity index (χ3v) is 5.01. The van der Waals surface area contributed by atoms with Gasteiger partial charge < -0.3 is 24.3 Å². The molecule has 1 amide bonds. The molecule has 7 nitrogen and oxygen atoms in total. The van der Waals surface area contributed by atoms with Crippen LogP contribution in [0, 0.1) is 5.92 Å². The van der Waals surface area contributed by atoms with Gasteiger partial charge in [-0.2, -0.15) is 11.8 Å². The number of rotatable bonds is 21. The van der Waals surface area contributed by atoms with Gasteiger partial charge in [0.2, 0.25) is 5.91 Å².